The van der Waals surface area contributed by atoms with Crippen LogP contribution in [-0.2, 0) is 0 Å². The van der Waals surface area contributed by atoms with E-state index in [-0.39, 0.29) is 53.3 Å². The second kappa shape index (κ2) is 5.86. The zero-order valence-electron chi connectivity index (χ0n) is 9.96. The van der Waals surface area contributed by atoms with E-state index in [0.29, 0.717) is 16.5 Å². The average molecular weight is 378 g/mol. The number of hydrogen-bond donors (Lipinski definition) is 1. The molecule has 1 N–H and O–H groups in total. The second-order valence-corrected chi connectivity index (χ2v) is 3.97. The summed E-state index contributed by atoms with van der Waals surface area (Å²) in [6, 6.07) is 15.9. The van der Waals surface area contributed by atoms with Crippen LogP contribution in [0.2, 0.25) is 0 Å². The molecule has 0 bridgehead atoms. The van der Waals surface area contributed by atoms with Crippen molar-refractivity contribution in [1.29, 1.82) is 0 Å². The molecule has 0 aliphatic carbocycles. The Kier molecular flexibility index (Phi) is 4.39. The molecule has 4 heteroatoms. The number of hydrogen-bond acceptors (Lipinski definition) is 3. The van der Waals surface area contributed by atoms with Gasteiger partial charge in [0.2, 0.25) is 11.2 Å². The summed E-state index contributed by atoms with van der Waals surface area (Å²) in [5, 5.41) is 10.3. The van der Waals surface area contributed by atoms with Crippen molar-refractivity contribution >= 4 is 11.0 Å². The van der Waals surface area contributed by atoms with Gasteiger partial charge in [-0.1, -0.05) is 42.5 Å². The van der Waals surface area contributed by atoms with Crippen LogP contribution in [0.3, 0.4) is 0 Å². The van der Waals surface area contributed by atoms with Crippen molar-refractivity contribution in [3.8, 4) is 17.1 Å². The molecule has 0 amide bonds. The van der Waals surface area contributed by atoms with Crippen LogP contribution in [0.25, 0.3) is 22.3 Å². The molecule has 92 valence electrons. The summed E-state index contributed by atoms with van der Waals surface area (Å²) in [4.78, 5) is 12.0. The Morgan fingerprint density at radius 3 is 2.26 bits per heavy atom. The molecule has 3 nitrogen and oxygen atoms in total. The van der Waals surface area contributed by atoms with Gasteiger partial charge in [0.05, 0.1) is 5.39 Å². The topological polar surface area (TPSA) is 50.4 Å². The molecule has 0 saturated carbocycles. The van der Waals surface area contributed by atoms with Gasteiger partial charge in [-0.25, -0.2) is 0 Å². The van der Waals surface area contributed by atoms with E-state index in [2.05, 4.69) is 0 Å². The van der Waals surface area contributed by atoms with Crippen LogP contribution in [0.1, 0.15) is 0 Å². The van der Waals surface area contributed by atoms with E-state index in [0.717, 1.165) is 0 Å². The van der Waals surface area contributed by atoms with Crippen LogP contribution in [0.4, 0.5) is 0 Å². The number of rotatable bonds is 1. The standard InChI is InChI=1S/C15H10O3.Ce/c16-13-11-8-4-5-9-12(11)18-15(14(13)17)10-6-2-1-3-7-10;/h1-9,17H;. The average Bonchev–Trinajstić information content (AvgIpc) is 2.44. The van der Waals surface area contributed by atoms with E-state index in [1.165, 1.54) is 0 Å². The Hall–Kier alpha value is -1.17. The molecule has 2 aromatic carbocycles. The van der Waals surface area contributed by atoms with Gasteiger partial charge < -0.3 is 9.52 Å². The van der Waals surface area contributed by atoms with Crippen LogP contribution in [0.5, 0.6) is 5.75 Å². The molecule has 1 heterocycles. The maximum absolute atomic E-state index is 12.0. The first kappa shape index (κ1) is 14.2. The normalized spacial score (nSPS) is 10.1. The summed E-state index contributed by atoms with van der Waals surface area (Å²) in [7, 11) is 0. The third-order valence-electron chi connectivity index (χ3n) is 2.81. The predicted octanol–water partition coefficient (Wildman–Crippen LogP) is 3.17. The SMILES string of the molecule is O=c1c(O)c(-c2ccccc2)oc2ccccc12.[Ce]. The molecule has 19 heavy (non-hydrogen) atoms. The minimum atomic E-state index is -0.407. The van der Waals surface area contributed by atoms with Crippen LogP contribution in [0.15, 0.2) is 63.8 Å². The van der Waals surface area contributed by atoms with Gasteiger partial charge in [0, 0.05) is 47.3 Å². The quantitative estimate of drug-likeness (QED) is 0.708. The van der Waals surface area contributed by atoms with Crippen LogP contribution < -0.4 is 5.43 Å². The molecular formula is C15H10CeO3. The summed E-state index contributed by atoms with van der Waals surface area (Å²) >= 11 is 0. The minimum Gasteiger partial charge on any atom is -0.502 e. The zero-order chi connectivity index (χ0) is 12.5. The predicted molar refractivity (Wildman–Crippen MR) is 69.6 cm³/mol. The molecule has 0 spiro atoms. The fraction of sp³-hybridized carbons (Fsp3) is 0. The van der Waals surface area contributed by atoms with Crippen molar-refractivity contribution in [1.82, 2.24) is 0 Å². The van der Waals surface area contributed by atoms with Gasteiger partial charge in [0.1, 0.15) is 5.58 Å². The molecule has 0 unspecified atom stereocenters. The Labute approximate surface area is 143 Å². The Morgan fingerprint density at radius 1 is 0.895 bits per heavy atom. The maximum atomic E-state index is 12.0. The monoisotopic (exact) mass is 378 g/mol. The van der Waals surface area contributed by atoms with Gasteiger partial charge in [0.15, 0.2) is 5.76 Å². The second-order valence-electron chi connectivity index (χ2n) is 3.97. The molecule has 0 aliphatic heterocycles. The number of aromatic hydroxyl groups is 1. The van der Waals surface area contributed by atoms with Crippen molar-refractivity contribution in [3.63, 3.8) is 0 Å². The molecule has 0 saturated heterocycles. The van der Waals surface area contributed by atoms with E-state index in [4.69, 9.17) is 4.42 Å². The minimum absolute atomic E-state index is 0. The van der Waals surface area contributed by atoms with Gasteiger partial charge in [-0.3, -0.25) is 4.79 Å². The Balaban J connectivity index is 0.00000133. The largest absolute Gasteiger partial charge is 0.502 e. The zero-order valence-corrected chi connectivity index (χ0v) is 13.1. The van der Waals surface area contributed by atoms with E-state index < -0.39 is 5.43 Å². The van der Waals surface area contributed by atoms with Gasteiger partial charge in [-0.15, -0.1) is 0 Å². The molecule has 1 aromatic heterocycles. The van der Waals surface area contributed by atoms with E-state index >= 15 is 0 Å². The number of benzene rings is 2. The van der Waals surface area contributed by atoms with Crippen molar-refractivity contribution in [3.05, 3.63) is 64.8 Å². The summed E-state index contributed by atoms with van der Waals surface area (Å²) in [6.45, 7) is 0. The molecule has 0 atom stereocenters. The molecular weight excluding hydrogens is 368 g/mol. The van der Waals surface area contributed by atoms with Gasteiger partial charge in [-0.2, -0.15) is 0 Å². The van der Waals surface area contributed by atoms with Gasteiger partial charge >= 0.3 is 0 Å². The van der Waals surface area contributed by atoms with Gasteiger partial charge in [0.25, 0.3) is 0 Å². The molecule has 0 fully saturated rings. The first-order valence-electron chi connectivity index (χ1n) is 5.57. The molecule has 0 aliphatic rings. The van der Waals surface area contributed by atoms with E-state index in [9.17, 15) is 9.90 Å². The first-order chi connectivity index (χ1) is 8.77. The van der Waals surface area contributed by atoms with Crippen LogP contribution >= 0.6 is 0 Å². The van der Waals surface area contributed by atoms with Gasteiger partial charge in [-0.05, 0) is 12.1 Å². The fourth-order valence-corrected chi connectivity index (χ4v) is 1.92. The maximum Gasteiger partial charge on any atom is 0.235 e. The van der Waals surface area contributed by atoms with Crippen LogP contribution in [0, 0.1) is 41.7 Å². The summed E-state index contributed by atoms with van der Waals surface area (Å²) in [5.74, 6) is -0.140. The third kappa shape index (κ3) is 2.59. The molecule has 3 aromatic rings. The number of fused-ring (bicyclic) bond motifs is 1. The summed E-state index contributed by atoms with van der Waals surface area (Å²) in [6.07, 6.45) is 0. The van der Waals surface area contributed by atoms with E-state index in [1.54, 1.807) is 36.4 Å². The molecule has 3 rings (SSSR count). The first-order valence-corrected chi connectivity index (χ1v) is 5.57. The van der Waals surface area contributed by atoms with Crippen molar-refractivity contribution in [2.24, 2.45) is 0 Å². The van der Waals surface area contributed by atoms with E-state index in [1.807, 2.05) is 18.2 Å². The van der Waals surface area contributed by atoms with Crippen LogP contribution in [-0.4, -0.2) is 5.11 Å². The Morgan fingerprint density at radius 2 is 1.53 bits per heavy atom. The van der Waals surface area contributed by atoms with Crippen molar-refractivity contribution in [2.45, 2.75) is 0 Å². The van der Waals surface area contributed by atoms with Crippen molar-refractivity contribution in [2.75, 3.05) is 0 Å². The summed E-state index contributed by atoms with van der Waals surface area (Å²) < 4.78 is 5.61. The number of para-hydroxylation sites is 1. The van der Waals surface area contributed by atoms with Crippen molar-refractivity contribution < 1.29 is 51.3 Å². The Bertz CT molecular complexity index is 763. The molecule has 0 radical (unpaired) electrons. The fourth-order valence-electron chi connectivity index (χ4n) is 1.92. The summed E-state index contributed by atoms with van der Waals surface area (Å²) in [5.41, 5.74) is 0.743. The smallest absolute Gasteiger partial charge is 0.235 e. The third-order valence-corrected chi connectivity index (χ3v) is 2.81.